The lowest BCUT2D eigenvalue weighted by Gasteiger charge is -2.02. The van der Waals surface area contributed by atoms with Crippen molar-refractivity contribution in [3.8, 4) is 11.1 Å². The zero-order valence-corrected chi connectivity index (χ0v) is 11.7. The summed E-state index contributed by atoms with van der Waals surface area (Å²) in [5.41, 5.74) is 1.18. The van der Waals surface area contributed by atoms with Gasteiger partial charge < -0.3 is 0 Å². The van der Waals surface area contributed by atoms with Gasteiger partial charge in [0.25, 0.3) is 0 Å². The molecule has 0 N–H and O–H groups in total. The van der Waals surface area contributed by atoms with Crippen LogP contribution in [0.1, 0.15) is 0 Å². The summed E-state index contributed by atoms with van der Waals surface area (Å²) >= 11 is 0. The maximum Gasteiger partial charge on any atom is 0.317 e. The molecule has 102 valence electrons. The molecule has 0 atom stereocenters. The van der Waals surface area contributed by atoms with Crippen molar-refractivity contribution in [2.24, 2.45) is 0 Å². The Hall–Kier alpha value is -1.17. The second-order valence-corrected chi connectivity index (χ2v) is 7.04. The van der Waals surface area contributed by atoms with E-state index in [0.29, 0.717) is 5.56 Å². The molecule has 0 aliphatic carbocycles. The van der Waals surface area contributed by atoms with Gasteiger partial charge in [0.2, 0.25) is 0 Å². The average Bonchev–Trinajstić information content (AvgIpc) is 2.28. The highest BCUT2D eigenvalue weighted by molar-refractivity contribution is 8.31. The number of rotatable bonds is 1. The molecule has 0 aromatic heterocycles. The molecule has 2 aromatic carbocycles. The smallest absolute Gasteiger partial charge is 0.207 e. The second-order valence-electron chi connectivity index (χ2n) is 3.37. The van der Waals surface area contributed by atoms with Crippen molar-refractivity contribution in [1.29, 1.82) is 0 Å². The fourth-order valence-electron chi connectivity index (χ4n) is 1.34. The van der Waals surface area contributed by atoms with Crippen LogP contribution in [-0.2, 0) is 8.26 Å². The topological polar surface area (TPSA) is 34.1 Å². The zero-order valence-electron chi connectivity index (χ0n) is 9.36. The molecule has 0 bridgehead atoms. The molecule has 7 heteroatoms. The summed E-state index contributed by atoms with van der Waals surface area (Å²) in [6.45, 7) is 0. The summed E-state index contributed by atoms with van der Waals surface area (Å²) in [5.74, 6) is -1.08. The summed E-state index contributed by atoms with van der Waals surface area (Å²) in [5, 5.41) is 0. The minimum Gasteiger partial charge on any atom is -0.207 e. The van der Waals surface area contributed by atoms with E-state index in [2.05, 4.69) is 21.4 Å². The van der Waals surface area contributed by atoms with Crippen molar-refractivity contribution >= 4 is 29.6 Å². The molecule has 0 unspecified atom stereocenters. The Morgan fingerprint density at radius 2 is 1.42 bits per heavy atom. The summed E-state index contributed by atoms with van der Waals surface area (Å²) in [6.07, 6.45) is 0. The lowest BCUT2D eigenvalue weighted by molar-refractivity contribution is 0.585. The normalized spacial score (nSPS) is 10.5. The van der Waals surface area contributed by atoms with Gasteiger partial charge in [0.1, 0.15) is 11.6 Å². The van der Waals surface area contributed by atoms with Crippen molar-refractivity contribution in [1.82, 2.24) is 0 Å². The second kappa shape index (κ2) is 6.84. The average molecular weight is 325 g/mol. The first-order valence-electron chi connectivity index (χ1n) is 4.92. The van der Waals surface area contributed by atoms with Crippen LogP contribution in [0.25, 0.3) is 11.1 Å². The molecule has 2 aromatic rings. The van der Waals surface area contributed by atoms with Crippen molar-refractivity contribution in [2.75, 3.05) is 0 Å². The summed E-state index contributed by atoms with van der Waals surface area (Å²) in [7, 11) is 4.81. The van der Waals surface area contributed by atoms with Crippen LogP contribution < -0.4 is 0 Å². The van der Waals surface area contributed by atoms with Gasteiger partial charge in [0.05, 0.1) is 0 Å². The summed E-state index contributed by atoms with van der Waals surface area (Å²) < 4.78 is 44.2. The highest BCUT2D eigenvalue weighted by Crippen LogP contribution is 2.22. The molecule has 0 aliphatic heterocycles. The Labute approximate surface area is 118 Å². The third kappa shape index (κ3) is 6.52. The first-order chi connectivity index (χ1) is 8.77. The molecule has 2 nitrogen and oxygen atoms in total. The Morgan fingerprint density at radius 3 is 1.89 bits per heavy atom. The van der Waals surface area contributed by atoms with E-state index in [-0.39, 0.29) is 0 Å². The van der Waals surface area contributed by atoms with Crippen molar-refractivity contribution in [2.45, 2.75) is 0 Å². The van der Waals surface area contributed by atoms with Gasteiger partial charge in [0.15, 0.2) is 0 Å². The van der Waals surface area contributed by atoms with Crippen LogP contribution in [-0.4, -0.2) is 8.42 Å². The van der Waals surface area contributed by atoms with E-state index in [4.69, 9.17) is 8.42 Å². The van der Waals surface area contributed by atoms with Crippen LogP contribution in [0.3, 0.4) is 0 Å². The Morgan fingerprint density at radius 1 is 0.895 bits per heavy atom. The third-order valence-corrected chi connectivity index (χ3v) is 2.02. The molecule has 19 heavy (non-hydrogen) atoms. The highest BCUT2D eigenvalue weighted by atomic mass is 36.0. The predicted octanol–water partition coefficient (Wildman–Crippen LogP) is 4.34. The van der Waals surface area contributed by atoms with Gasteiger partial charge in [-0.2, -0.15) is 8.42 Å². The van der Waals surface area contributed by atoms with Crippen LogP contribution in [0, 0.1) is 11.6 Å². The van der Waals surface area contributed by atoms with Crippen molar-refractivity contribution in [3.63, 3.8) is 0 Å². The molecule has 2 rings (SSSR count). The minimum absolute atomic E-state index is 0.423. The Bertz CT molecular complexity index is 638. The Kier molecular flexibility index (Phi) is 5.72. The molecule has 0 heterocycles. The van der Waals surface area contributed by atoms with Gasteiger partial charge in [-0.15, -0.1) is 0 Å². The first-order valence-corrected chi connectivity index (χ1v) is 8.05. The maximum atomic E-state index is 13.3. The maximum absolute atomic E-state index is 13.3. The van der Waals surface area contributed by atoms with Gasteiger partial charge in [-0.1, -0.05) is 30.3 Å². The van der Waals surface area contributed by atoms with E-state index in [0.717, 1.165) is 11.6 Å². The molecule has 0 amide bonds. The van der Waals surface area contributed by atoms with Gasteiger partial charge in [-0.25, -0.2) is 8.78 Å². The molecular formula is C12H8Cl2F2O2S. The van der Waals surface area contributed by atoms with Gasteiger partial charge >= 0.3 is 8.26 Å². The van der Waals surface area contributed by atoms with Crippen LogP contribution in [0.2, 0.25) is 0 Å². The number of benzene rings is 2. The standard InChI is InChI=1S/C12H8F2.Cl2O2S/c13-10-6-7-11(12(14)8-10)9-4-2-1-3-5-9;1-5(2,3)4/h1-8H;. The van der Waals surface area contributed by atoms with E-state index in [1.165, 1.54) is 12.1 Å². The van der Waals surface area contributed by atoms with Crippen molar-refractivity contribution in [3.05, 3.63) is 60.2 Å². The molecule has 0 aliphatic rings. The highest BCUT2D eigenvalue weighted by Gasteiger charge is 2.04. The fraction of sp³-hybridized carbons (Fsp3) is 0. The third-order valence-electron chi connectivity index (χ3n) is 2.02. The predicted molar refractivity (Wildman–Crippen MR) is 72.4 cm³/mol. The first kappa shape index (κ1) is 15.9. The van der Waals surface area contributed by atoms with Gasteiger partial charge in [-0.05, 0) is 17.7 Å². The van der Waals surface area contributed by atoms with E-state index >= 15 is 0 Å². The SMILES string of the molecule is Fc1ccc(-c2ccccc2)c(F)c1.O=S(=O)(Cl)Cl. The Balaban J connectivity index is 0.000000312. The van der Waals surface area contributed by atoms with Crippen LogP contribution in [0.5, 0.6) is 0 Å². The molecular weight excluding hydrogens is 317 g/mol. The van der Waals surface area contributed by atoms with E-state index in [1.54, 1.807) is 12.1 Å². The van der Waals surface area contributed by atoms with Crippen LogP contribution in [0.4, 0.5) is 8.78 Å². The lowest BCUT2D eigenvalue weighted by Crippen LogP contribution is -1.85. The molecule has 0 saturated heterocycles. The quantitative estimate of drug-likeness (QED) is 0.731. The summed E-state index contributed by atoms with van der Waals surface area (Å²) in [6, 6.07) is 12.7. The van der Waals surface area contributed by atoms with E-state index in [1.807, 2.05) is 18.2 Å². The lowest BCUT2D eigenvalue weighted by atomic mass is 10.1. The number of halogens is 4. The number of hydrogen-bond acceptors (Lipinski definition) is 2. The minimum atomic E-state index is -3.72. The van der Waals surface area contributed by atoms with Crippen LogP contribution >= 0.6 is 21.4 Å². The largest absolute Gasteiger partial charge is 0.317 e. The van der Waals surface area contributed by atoms with Gasteiger partial charge in [0, 0.05) is 33.0 Å². The van der Waals surface area contributed by atoms with Crippen molar-refractivity contribution < 1.29 is 17.2 Å². The molecule has 0 spiro atoms. The van der Waals surface area contributed by atoms with E-state index in [9.17, 15) is 8.78 Å². The van der Waals surface area contributed by atoms with Crippen LogP contribution in [0.15, 0.2) is 48.5 Å². The zero-order chi connectivity index (χ0) is 14.5. The molecule has 0 fully saturated rings. The molecule has 0 saturated carbocycles. The molecule has 0 radical (unpaired) electrons. The number of hydrogen-bond donors (Lipinski definition) is 0. The summed E-state index contributed by atoms with van der Waals surface area (Å²) in [4.78, 5) is 0. The van der Waals surface area contributed by atoms with Gasteiger partial charge in [-0.3, -0.25) is 0 Å². The monoisotopic (exact) mass is 324 g/mol. The fourth-order valence-corrected chi connectivity index (χ4v) is 1.34. The van der Waals surface area contributed by atoms with E-state index < -0.39 is 19.9 Å².